The van der Waals surface area contributed by atoms with Crippen molar-refractivity contribution in [1.29, 1.82) is 0 Å². The fraction of sp³-hybridized carbons (Fsp3) is 0.471. The molecule has 1 aliphatic carbocycles. The number of ether oxygens (including phenoxy) is 1. The van der Waals surface area contributed by atoms with Crippen molar-refractivity contribution in [2.24, 2.45) is 0 Å². The average molecular weight is 325 g/mol. The van der Waals surface area contributed by atoms with E-state index in [4.69, 9.17) is 4.74 Å². The van der Waals surface area contributed by atoms with E-state index in [2.05, 4.69) is 4.98 Å². The average Bonchev–Trinajstić information content (AvgIpc) is 2.85. The normalized spacial score (nSPS) is 18.0. The van der Waals surface area contributed by atoms with Gasteiger partial charge in [0.1, 0.15) is 6.10 Å². The number of esters is 1. The van der Waals surface area contributed by atoms with E-state index in [1.807, 2.05) is 6.92 Å². The van der Waals surface area contributed by atoms with Gasteiger partial charge in [-0.25, -0.2) is 0 Å². The molecule has 1 heterocycles. The lowest BCUT2D eigenvalue weighted by atomic mass is 9.93. The molecular weight excluding hydrogens is 307 g/mol. The zero-order chi connectivity index (χ0) is 16.6. The third kappa shape index (κ3) is 3.07. The van der Waals surface area contributed by atoms with Crippen LogP contribution in [0.2, 0.25) is 0 Å². The molecular formula is C17H18F3NO2. The van der Waals surface area contributed by atoms with Crippen LogP contribution >= 0.6 is 0 Å². The number of hydrogen-bond donors (Lipinski definition) is 1. The molecule has 6 heteroatoms. The number of aryl methyl sites for hydroxylation is 1. The van der Waals surface area contributed by atoms with Crippen molar-refractivity contribution < 1.29 is 22.7 Å². The zero-order valence-corrected chi connectivity index (χ0v) is 12.8. The number of benzene rings is 1. The second kappa shape index (κ2) is 5.91. The Labute approximate surface area is 131 Å². The van der Waals surface area contributed by atoms with E-state index < -0.39 is 11.7 Å². The SMILES string of the molecule is CCCC(=O)OC1CCCc2c1[nH]c1ccc(C(F)(F)F)cc21. The highest BCUT2D eigenvalue weighted by atomic mass is 19.4. The van der Waals surface area contributed by atoms with Gasteiger partial charge in [-0.2, -0.15) is 13.2 Å². The van der Waals surface area contributed by atoms with E-state index in [9.17, 15) is 18.0 Å². The Kier molecular flexibility index (Phi) is 4.08. The topological polar surface area (TPSA) is 42.1 Å². The Bertz CT molecular complexity index is 733. The molecule has 0 spiro atoms. The van der Waals surface area contributed by atoms with Crippen LogP contribution in [0.15, 0.2) is 18.2 Å². The number of hydrogen-bond acceptors (Lipinski definition) is 2. The molecule has 1 aromatic heterocycles. The van der Waals surface area contributed by atoms with Gasteiger partial charge < -0.3 is 9.72 Å². The first-order valence-corrected chi connectivity index (χ1v) is 7.81. The van der Waals surface area contributed by atoms with E-state index in [1.165, 1.54) is 12.1 Å². The minimum atomic E-state index is -4.36. The number of halogens is 3. The van der Waals surface area contributed by atoms with Crippen LogP contribution in [-0.2, 0) is 22.1 Å². The van der Waals surface area contributed by atoms with Crippen LogP contribution in [0.3, 0.4) is 0 Å². The predicted octanol–water partition coefficient (Wildman–Crippen LogP) is 4.91. The van der Waals surface area contributed by atoms with Gasteiger partial charge in [0.05, 0.1) is 11.3 Å². The summed E-state index contributed by atoms with van der Waals surface area (Å²) in [6.45, 7) is 1.90. The lowest BCUT2D eigenvalue weighted by Crippen LogP contribution is -2.16. The number of rotatable bonds is 3. The molecule has 1 N–H and O–H groups in total. The van der Waals surface area contributed by atoms with Gasteiger partial charge in [-0.05, 0) is 49.4 Å². The first kappa shape index (κ1) is 15.9. The van der Waals surface area contributed by atoms with Gasteiger partial charge in [-0.15, -0.1) is 0 Å². The molecule has 0 saturated heterocycles. The summed E-state index contributed by atoms with van der Waals surface area (Å²) in [6.07, 6.45) is -1.51. The van der Waals surface area contributed by atoms with Crippen LogP contribution in [0.25, 0.3) is 10.9 Å². The zero-order valence-electron chi connectivity index (χ0n) is 12.8. The van der Waals surface area contributed by atoms with Gasteiger partial charge in [0.2, 0.25) is 0 Å². The second-order valence-corrected chi connectivity index (χ2v) is 5.90. The monoisotopic (exact) mass is 325 g/mol. The summed E-state index contributed by atoms with van der Waals surface area (Å²) in [6, 6.07) is 3.70. The molecule has 3 nitrogen and oxygen atoms in total. The minimum Gasteiger partial charge on any atom is -0.456 e. The Balaban J connectivity index is 1.99. The Morgan fingerprint density at radius 2 is 2.17 bits per heavy atom. The van der Waals surface area contributed by atoms with Crippen molar-refractivity contribution in [3.63, 3.8) is 0 Å². The third-order valence-corrected chi connectivity index (χ3v) is 4.21. The van der Waals surface area contributed by atoms with Crippen LogP contribution < -0.4 is 0 Å². The highest BCUT2D eigenvalue weighted by Crippen LogP contribution is 2.39. The summed E-state index contributed by atoms with van der Waals surface area (Å²) >= 11 is 0. The quantitative estimate of drug-likeness (QED) is 0.815. The predicted molar refractivity (Wildman–Crippen MR) is 80.0 cm³/mol. The van der Waals surface area contributed by atoms with Crippen LogP contribution in [-0.4, -0.2) is 11.0 Å². The molecule has 23 heavy (non-hydrogen) atoms. The number of carbonyl (C=O) groups is 1. The highest BCUT2D eigenvalue weighted by Gasteiger charge is 2.32. The lowest BCUT2D eigenvalue weighted by Gasteiger charge is -2.22. The molecule has 124 valence electrons. The maximum atomic E-state index is 12.9. The smallest absolute Gasteiger partial charge is 0.416 e. The van der Waals surface area contributed by atoms with Crippen LogP contribution in [0.5, 0.6) is 0 Å². The van der Waals surface area contributed by atoms with Crippen molar-refractivity contribution >= 4 is 16.9 Å². The van der Waals surface area contributed by atoms with Gasteiger partial charge in [-0.3, -0.25) is 4.79 Å². The summed E-state index contributed by atoms with van der Waals surface area (Å²) in [5.74, 6) is -0.264. The molecule has 0 radical (unpaired) electrons. The standard InChI is InChI=1S/C17H18F3NO2/c1-2-4-15(22)23-14-6-3-5-11-12-9-10(17(18,19)20)7-8-13(12)21-16(11)14/h7-9,14,21H,2-6H2,1H3. The van der Waals surface area contributed by atoms with Crippen molar-refractivity contribution in [3.05, 3.63) is 35.0 Å². The van der Waals surface area contributed by atoms with Crippen LogP contribution in [0.1, 0.15) is 55.5 Å². The summed E-state index contributed by atoms with van der Waals surface area (Å²) in [4.78, 5) is 14.9. The maximum absolute atomic E-state index is 12.9. The molecule has 1 unspecified atom stereocenters. The molecule has 0 fully saturated rings. The second-order valence-electron chi connectivity index (χ2n) is 5.90. The van der Waals surface area contributed by atoms with E-state index in [-0.39, 0.29) is 12.1 Å². The number of aromatic nitrogens is 1. The molecule has 0 bridgehead atoms. The summed E-state index contributed by atoms with van der Waals surface area (Å²) < 4.78 is 44.2. The number of fused-ring (bicyclic) bond motifs is 3. The molecule has 0 saturated carbocycles. The number of aromatic amines is 1. The number of carbonyl (C=O) groups excluding carboxylic acids is 1. The first-order valence-electron chi connectivity index (χ1n) is 7.81. The molecule has 2 aromatic rings. The number of nitrogens with one attached hydrogen (secondary N) is 1. The third-order valence-electron chi connectivity index (χ3n) is 4.21. The number of alkyl halides is 3. The fourth-order valence-electron chi connectivity index (χ4n) is 3.14. The van der Waals surface area contributed by atoms with E-state index in [1.54, 1.807) is 0 Å². The lowest BCUT2D eigenvalue weighted by molar-refractivity contribution is -0.150. The van der Waals surface area contributed by atoms with Crippen molar-refractivity contribution in [2.45, 2.75) is 51.3 Å². The summed E-state index contributed by atoms with van der Waals surface area (Å²) in [5, 5.41) is 0.575. The summed E-state index contributed by atoms with van der Waals surface area (Å²) in [5.41, 5.74) is 1.58. The molecule has 0 aliphatic heterocycles. The summed E-state index contributed by atoms with van der Waals surface area (Å²) in [7, 11) is 0. The molecule has 1 atom stereocenters. The van der Waals surface area contributed by atoms with E-state index in [0.717, 1.165) is 23.7 Å². The fourth-order valence-corrected chi connectivity index (χ4v) is 3.14. The highest BCUT2D eigenvalue weighted by molar-refractivity contribution is 5.86. The number of H-pyrrole nitrogens is 1. The van der Waals surface area contributed by atoms with Gasteiger partial charge >= 0.3 is 12.1 Å². The minimum absolute atomic E-state index is 0.264. The molecule has 3 rings (SSSR count). The van der Waals surface area contributed by atoms with E-state index >= 15 is 0 Å². The largest absolute Gasteiger partial charge is 0.456 e. The Hall–Kier alpha value is -1.98. The Morgan fingerprint density at radius 1 is 1.39 bits per heavy atom. The molecule has 1 aromatic carbocycles. The van der Waals surface area contributed by atoms with Crippen molar-refractivity contribution in [1.82, 2.24) is 4.98 Å². The van der Waals surface area contributed by atoms with Crippen molar-refractivity contribution in [3.8, 4) is 0 Å². The molecule has 1 aliphatic rings. The molecule has 0 amide bonds. The van der Waals surface area contributed by atoms with Gasteiger partial charge in [0.25, 0.3) is 0 Å². The van der Waals surface area contributed by atoms with Crippen LogP contribution in [0, 0.1) is 0 Å². The van der Waals surface area contributed by atoms with Crippen molar-refractivity contribution in [2.75, 3.05) is 0 Å². The first-order chi connectivity index (χ1) is 10.9. The van der Waals surface area contributed by atoms with Gasteiger partial charge in [0.15, 0.2) is 0 Å². The van der Waals surface area contributed by atoms with E-state index in [0.29, 0.717) is 36.6 Å². The van der Waals surface area contributed by atoms with Crippen LogP contribution in [0.4, 0.5) is 13.2 Å². The van der Waals surface area contributed by atoms with Gasteiger partial charge in [-0.1, -0.05) is 6.92 Å². The Morgan fingerprint density at radius 3 is 2.87 bits per heavy atom. The maximum Gasteiger partial charge on any atom is 0.416 e. The van der Waals surface area contributed by atoms with Gasteiger partial charge in [0, 0.05) is 17.3 Å².